The van der Waals surface area contributed by atoms with Gasteiger partial charge in [0.1, 0.15) is 0 Å². The number of carbonyl (C=O) groups excluding carboxylic acids is 1. The molecule has 1 aromatic carbocycles. The van der Waals surface area contributed by atoms with Gasteiger partial charge in [0, 0.05) is 30.7 Å². The molecule has 6 heteroatoms. The number of hydrogen-bond donors (Lipinski definition) is 1. The first-order chi connectivity index (χ1) is 14.3. The Labute approximate surface area is 179 Å². The predicted molar refractivity (Wildman–Crippen MR) is 123 cm³/mol. The number of rotatable bonds is 8. The van der Waals surface area contributed by atoms with Gasteiger partial charge in [0.25, 0.3) is 5.91 Å². The summed E-state index contributed by atoms with van der Waals surface area (Å²) in [7, 11) is 0. The number of carbonyl (C=O) groups is 1. The van der Waals surface area contributed by atoms with Crippen molar-refractivity contribution in [3.8, 4) is 11.3 Å². The number of aryl methyl sites for hydroxylation is 1. The van der Waals surface area contributed by atoms with Crippen molar-refractivity contribution in [1.29, 1.82) is 0 Å². The summed E-state index contributed by atoms with van der Waals surface area (Å²) in [5, 5.41) is 8.39. The highest BCUT2D eigenvalue weighted by molar-refractivity contribution is 6.06. The summed E-state index contributed by atoms with van der Waals surface area (Å²) < 4.78 is 1.88. The van der Waals surface area contributed by atoms with Crippen LogP contribution in [0, 0.1) is 6.92 Å². The fourth-order valence-corrected chi connectivity index (χ4v) is 3.77. The summed E-state index contributed by atoms with van der Waals surface area (Å²) in [5.74, 6) is -0.0830. The molecule has 3 rings (SSSR count). The normalized spacial score (nSPS) is 11.8. The molecule has 30 heavy (non-hydrogen) atoms. The summed E-state index contributed by atoms with van der Waals surface area (Å²) in [5.41, 5.74) is 4.32. The first-order valence-electron chi connectivity index (χ1n) is 10.8. The van der Waals surface area contributed by atoms with E-state index < -0.39 is 0 Å². The number of pyridine rings is 1. The number of nitrogens with one attached hydrogen (secondary N) is 1. The maximum Gasteiger partial charge on any atom is 0.252 e. The third-order valence-electron chi connectivity index (χ3n) is 5.54. The third kappa shape index (κ3) is 4.54. The highest BCUT2D eigenvalue weighted by atomic mass is 16.1. The molecule has 0 aliphatic rings. The summed E-state index contributed by atoms with van der Waals surface area (Å²) in [4.78, 5) is 20.4. The molecule has 160 valence electrons. The molecule has 1 N–H and O–H groups in total. The number of fused-ring (bicyclic) bond motifs is 1. The average molecular weight is 408 g/mol. The van der Waals surface area contributed by atoms with Gasteiger partial charge in [-0.05, 0) is 52.8 Å². The van der Waals surface area contributed by atoms with Crippen LogP contribution in [-0.2, 0) is 0 Å². The maximum absolute atomic E-state index is 13.2. The SMILES string of the molecule is CCN(CCNC(=O)c1cc(-c2ccccc2C)nc2c1cnn2C(C)C)C(C)C. The standard InChI is InChI=1S/C24H33N5O/c1-7-28(16(2)3)13-12-25-24(30)20-14-22(19-11-9-8-10-18(19)6)27-23-21(20)15-26-29(23)17(4)5/h8-11,14-17H,7,12-13H2,1-6H3,(H,25,30). The van der Waals surface area contributed by atoms with Crippen molar-refractivity contribution in [3.05, 3.63) is 47.7 Å². The molecular formula is C24H33N5O. The van der Waals surface area contributed by atoms with E-state index in [1.54, 1.807) is 6.20 Å². The molecule has 0 aliphatic heterocycles. The van der Waals surface area contributed by atoms with Crippen LogP contribution in [0.5, 0.6) is 0 Å². The summed E-state index contributed by atoms with van der Waals surface area (Å²) in [6.45, 7) is 15.1. The zero-order valence-corrected chi connectivity index (χ0v) is 18.9. The Morgan fingerprint density at radius 2 is 1.93 bits per heavy atom. The fraction of sp³-hybridized carbons (Fsp3) is 0.458. The van der Waals surface area contributed by atoms with Crippen molar-refractivity contribution in [2.75, 3.05) is 19.6 Å². The smallest absolute Gasteiger partial charge is 0.252 e. The maximum atomic E-state index is 13.2. The minimum Gasteiger partial charge on any atom is -0.351 e. The Morgan fingerprint density at radius 1 is 1.20 bits per heavy atom. The van der Waals surface area contributed by atoms with Gasteiger partial charge >= 0.3 is 0 Å². The molecule has 0 saturated carbocycles. The molecule has 0 fully saturated rings. The van der Waals surface area contributed by atoms with Crippen LogP contribution in [-0.4, -0.2) is 51.2 Å². The lowest BCUT2D eigenvalue weighted by Crippen LogP contribution is -2.38. The monoisotopic (exact) mass is 407 g/mol. The molecule has 0 atom stereocenters. The van der Waals surface area contributed by atoms with Crippen LogP contribution in [0.3, 0.4) is 0 Å². The lowest BCUT2D eigenvalue weighted by atomic mass is 10.0. The molecule has 0 bridgehead atoms. The van der Waals surface area contributed by atoms with Gasteiger partial charge in [0.05, 0.1) is 22.8 Å². The van der Waals surface area contributed by atoms with Gasteiger partial charge in [-0.25, -0.2) is 9.67 Å². The van der Waals surface area contributed by atoms with Gasteiger partial charge in [0.15, 0.2) is 5.65 Å². The molecule has 1 amide bonds. The first kappa shape index (κ1) is 22.0. The Morgan fingerprint density at radius 3 is 2.57 bits per heavy atom. The molecule has 2 heterocycles. The van der Waals surface area contributed by atoms with E-state index in [2.05, 4.69) is 62.9 Å². The van der Waals surface area contributed by atoms with Gasteiger partial charge in [-0.15, -0.1) is 0 Å². The summed E-state index contributed by atoms with van der Waals surface area (Å²) >= 11 is 0. The lowest BCUT2D eigenvalue weighted by molar-refractivity contribution is 0.0947. The number of hydrogen-bond acceptors (Lipinski definition) is 4. The number of nitrogens with zero attached hydrogens (tertiary/aromatic N) is 4. The molecule has 0 aliphatic carbocycles. The van der Waals surface area contributed by atoms with E-state index in [1.807, 2.05) is 28.9 Å². The number of amides is 1. The topological polar surface area (TPSA) is 63.1 Å². The molecule has 3 aromatic rings. The summed E-state index contributed by atoms with van der Waals surface area (Å²) in [6, 6.07) is 10.6. The highest BCUT2D eigenvalue weighted by Crippen LogP contribution is 2.28. The minimum absolute atomic E-state index is 0.0830. The van der Waals surface area contributed by atoms with E-state index in [-0.39, 0.29) is 11.9 Å². The Bertz CT molecular complexity index is 1020. The van der Waals surface area contributed by atoms with Crippen LogP contribution in [0.15, 0.2) is 36.5 Å². The Hall–Kier alpha value is -2.73. The van der Waals surface area contributed by atoms with Crippen LogP contribution >= 0.6 is 0 Å². The minimum atomic E-state index is -0.0830. The number of benzene rings is 1. The van der Waals surface area contributed by atoms with Crippen LogP contribution in [0.25, 0.3) is 22.3 Å². The second-order valence-corrected chi connectivity index (χ2v) is 8.27. The van der Waals surface area contributed by atoms with E-state index in [0.717, 1.165) is 40.9 Å². The lowest BCUT2D eigenvalue weighted by Gasteiger charge is -2.24. The highest BCUT2D eigenvalue weighted by Gasteiger charge is 2.19. The third-order valence-corrected chi connectivity index (χ3v) is 5.54. The summed E-state index contributed by atoms with van der Waals surface area (Å²) in [6.07, 6.45) is 1.76. The zero-order chi connectivity index (χ0) is 21.8. The van der Waals surface area contributed by atoms with Gasteiger partial charge in [-0.3, -0.25) is 9.69 Å². The van der Waals surface area contributed by atoms with E-state index in [1.165, 1.54) is 0 Å². The Balaban J connectivity index is 1.98. The largest absolute Gasteiger partial charge is 0.351 e. The van der Waals surface area contributed by atoms with Crippen molar-refractivity contribution in [2.24, 2.45) is 0 Å². The molecule has 0 spiro atoms. The second kappa shape index (κ2) is 9.39. The molecule has 0 unspecified atom stereocenters. The van der Waals surface area contributed by atoms with Crippen LogP contribution in [0.2, 0.25) is 0 Å². The predicted octanol–water partition coefficient (Wildman–Crippen LogP) is 4.45. The van der Waals surface area contributed by atoms with Gasteiger partial charge in [-0.2, -0.15) is 5.10 Å². The quantitative estimate of drug-likeness (QED) is 0.599. The van der Waals surface area contributed by atoms with Crippen LogP contribution in [0.4, 0.5) is 0 Å². The van der Waals surface area contributed by atoms with Crippen molar-refractivity contribution >= 4 is 16.9 Å². The van der Waals surface area contributed by atoms with Gasteiger partial charge < -0.3 is 5.32 Å². The Kier molecular flexibility index (Phi) is 6.87. The van der Waals surface area contributed by atoms with Crippen molar-refractivity contribution < 1.29 is 4.79 Å². The van der Waals surface area contributed by atoms with Crippen LogP contribution in [0.1, 0.15) is 56.6 Å². The number of likely N-dealkylation sites (N-methyl/N-ethyl adjacent to an activating group) is 1. The fourth-order valence-electron chi connectivity index (χ4n) is 3.77. The van der Waals surface area contributed by atoms with Crippen LogP contribution < -0.4 is 5.32 Å². The molecule has 0 radical (unpaired) electrons. The zero-order valence-electron chi connectivity index (χ0n) is 18.9. The van der Waals surface area contributed by atoms with E-state index in [4.69, 9.17) is 4.98 Å². The van der Waals surface area contributed by atoms with Gasteiger partial charge in [0.2, 0.25) is 0 Å². The first-order valence-corrected chi connectivity index (χ1v) is 10.8. The number of aromatic nitrogens is 3. The second-order valence-electron chi connectivity index (χ2n) is 8.27. The van der Waals surface area contributed by atoms with Crippen molar-refractivity contribution in [2.45, 2.75) is 53.6 Å². The molecule has 6 nitrogen and oxygen atoms in total. The van der Waals surface area contributed by atoms with Crippen molar-refractivity contribution in [1.82, 2.24) is 25.0 Å². The molecule has 2 aromatic heterocycles. The van der Waals surface area contributed by atoms with E-state index in [9.17, 15) is 4.79 Å². The van der Waals surface area contributed by atoms with E-state index >= 15 is 0 Å². The average Bonchev–Trinajstić information content (AvgIpc) is 3.14. The van der Waals surface area contributed by atoms with Crippen molar-refractivity contribution in [3.63, 3.8) is 0 Å². The molecular weight excluding hydrogens is 374 g/mol. The van der Waals surface area contributed by atoms with Gasteiger partial charge in [-0.1, -0.05) is 31.2 Å². The molecule has 0 saturated heterocycles. The van der Waals surface area contributed by atoms with E-state index in [0.29, 0.717) is 18.2 Å².